The lowest BCUT2D eigenvalue weighted by Crippen LogP contribution is -1.89. The number of alkyl halides is 1. The summed E-state index contributed by atoms with van der Waals surface area (Å²) >= 11 is 22.2. The number of hydrogen-bond donors (Lipinski definition) is 1. The molecule has 66 valence electrons. The van der Waals surface area contributed by atoms with E-state index in [1.807, 2.05) is 0 Å². The second kappa shape index (κ2) is 3.88. The van der Waals surface area contributed by atoms with E-state index < -0.39 is 0 Å². The zero-order valence-electron chi connectivity index (χ0n) is 5.61. The molecule has 0 aliphatic carbocycles. The molecule has 1 heterocycles. The third kappa shape index (κ3) is 1.72. The zero-order chi connectivity index (χ0) is 9.30. The van der Waals surface area contributed by atoms with Crippen LogP contribution >= 0.6 is 46.4 Å². The first-order chi connectivity index (χ1) is 5.57. The van der Waals surface area contributed by atoms with Crippen LogP contribution in [0.15, 0.2) is 0 Å². The molecule has 0 saturated heterocycles. The summed E-state index contributed by atoms with van der Waals surface area (Å²) in [5.41, 5.74) is 0.219. The Hall–Kier alpha value is 0.110. The molecule has 6 heteroatoms. The Bertz CT molecular complexity index is 315. The van der Waals surface area contributed by atoms with Gasteiger partial charge in [0.15, 0.2) is 5.75 Å². The van der Waals surface area contributed by atoms with Crippen molar-refractivity contribution >= 4 is 46.4 Å². The normalized spacial score (nSPS) is 10.3. The van der Waals surface area contributed by atoms with Gasteiger partial charge in [-0.05, 0) is 0 Å². The second-order valence-corrected chi connectivity index (χ2v) is 3.34. The number of aromatic nitrogens is 1. The lowest BCUT2D eigenvalue weighted by molar-refractivity contribution is 0.467. The Balaban J connectivity index is 3.39. The average molecular weight is 247 g/mol. The van der Waals surface area contributed by atoms with Gasteiger partial charge >= 0.3 is 0 Å². The highest BCUT2D eigenvalue weighted by molar-refractivity contribution is 6.48. The van der Waals surface area contributed by atoms with Gasteiger partial charge in [-0.25, -0.2) is 4.98 Å². The minimum Gasteiger partial charge on any atom is -0.504 e. The Morgan fingerprint density at radius 1 is 1.17 bits per heavy atom. The molecule has 2 nitrogen and oxygen atoms in total. The summed E-state index contributed by atoms with van der Waals surface area (Å²) in [5.74, 6) is -0.191. The lowest BCUT2D eigenvalue weighted by atomic mass is 10.3. The molecule has 0 aliphatic heterocycles. The standard InChI is InChI=1S/C6H3Cl4NO/c7-1-2-5(12)3(8)4(9)6(10)11-2/h12H,1H2. The molecule has 1 N–H and O–H groups in total. The quantitative estimate of drug-likeness (QED) is 0.608. The van der Waals surface area contributed by atoms with Crippen LogP contribution in [0, 0.1) is 0 Å². The number of aromatic hydroxyl groups is 1. The van der Waals surface area contributed by atoms with Crippen LogP contribution in [0.4, 0.5) is 0 Å². The van der Waals surface area contributed by atoms with Crippen molar-refractivity contribution in [3.63, 3.8) is 0 Å². The van der Waals surface area contributed by atoms with Crippen molar-refractivity contribution in [3.05, 3.63) is 20.9 Å². The summed E-state index contributed by atoms with van der Waals surface area (Å²) in [6.07, 6.45) is 0. The van der Waals surface area contributed by atoms with Crippen molar-refractivity contribution in [1.29, 1.82) is 0 Å². The monoisotopic (exact) mass is 245 g/mol. The summed E-state index contributed by atoms with van der Waals surface area (Å²) < 4.78 is 0. The van der Waals surface area contributed by atoms with Crippen LogP contribution in [0.2, 0.25) is 15.2 Å². The van der Waals surface area contributed by atoms with E-state index in [1.54, 1.807) is 0 Å². The smallest absolute Gasteiger partial charge is 0.158 e. The fourth-order valence-electron chi connectivity index (χ4n) is 0.635. The lowest BCUT2D eigenvalue weighted by Gasteiger charge is -2.04. The molecule has 12 heavy (non-hydrogen) atoms. The van der Waals surface area contributed by atoms with E-state index in [0.717, 1.165) is 0 Å². The highest BCUT2D eigenvalue weighted by Gasteiger charge is 2.14. The van der Waals surface area contributed by atoms with E-state index in [4.69, 9.17) is 46.4 Å². The molecule has 0 atom stereocenters. The van der Waals surface area contributed by atoms with Crippen molar-refractivity contribution in [1.82, 2.24) is 4.98 Å². The molecule has 0 aromatic carbocycles. The van der Waals surface area contributed by atoms with Crippen molar-refractivity contribution in [2.24, 2.45) is 0 Å². The number of halogens is 4. The average Bonchev–Trinajstić information content (AvgIpc) is 2.08. The maximum atomic E-state index is 9.28. The maximum absolute atomic E-state index is 9.28. The molecule has 0 bridgehead atoms. The summed E-state index contributed by atoms with van der Waals surface area (Å²) in [6.45, 7) is 0. The van der Waals surface area contributed by atoms with Crippen LogP contribution in [0.1, 0.15) is 5.69 Å². The molecule has 0 fully saturated rings. The third-order valence-electron chi connectivity index (χ3n) is 1.21. The van der Waals surface area contributed by atoms with Crippen LogP contribution in [0.5, 0.6) is 5.75 Å². The van der Waals surface area contributed by atoms with E-state index in [9.17, 15) is 5.11 Å². The summed E-state index contributed by atoms with van der Waals surface area (Å²) in [6, 6.07) is 0. The first-order valence-electron chi connectivity index (χ1n) is 2.86. The highest BCUT2D eigenvalue weighted by atomic mass is 35.5. The molecular weight excluding hydrogens is 244 g/mol. The van der Waals surface area contributed by atoms with Gasteiger partial charge in [0.05, 0.1) is 5.88 Å². The zero-order valence-corrected chi connectivity index (χ0v) is 8.64. The van der Waals surface area contributed by atoms with Gasteiger partial charge in [-0.1, -0.05) is 34.8 Å². The number of nitrogens with zero attached hydrogens (tertiary/aromatic N) is 1. The van der Waals surface area contributed by atoms with Gasteiger partial charge in [0.2, 0.25) is 0 Å². The minimum atomic E-state index is -0.221. The van der Waals surface area contributed by atoms with Gasteiger partial charge in [-0.2, -0.15) is 0 Å². The molecular formula is C6H3Cl4NO. The predicted molar refractivity (Wildman–Crippen MR) is 50.5 cm³/mol. The Kier molecular flexibility index (Phi) is 3.29. The molecule has 1 rings (SSSR count). The SMILES string of the molecule is Oc1c(CCl)nc(Cl)c(Cl)c1Cl. The molecule has 1 aromatic heterocycles. The number of rotatable bonds is 1. The molecule has 0 amide bonds. The number of pyridine rings is 1. The van der Waals surface area contributed by atoms with Crippen molar-refractivity contribution in [2.45, 2.75) is 5.88 Å². The molecule has 0 aliphatic rings. The first kappa shape index (κ1) is 10.2. The first-order valence-corrected chi connectivity index (χ1v) is 4.53. The molecule has 0 spiro atoms. The van der Waals surface area contributed by atoms with Crippen LogP contribution in [-0.4, -0.2) is 10.1 Å². The van der Waals surface area contributed by atoms with Crippen LogP contribution in [-0.2, 0) is 5.88 Å². The summed E-state index contributed by atoms with van der Waals surface area (Å²) in [7, 11) is 0. The molecule has 0 unspecified atom stereocenters. The van der Waals surface area contributed by atoms with Gasteiger partial charge in [0.25, 0.3) is 0 Å². The van der Waals surface area contributed by atoms with Gasteiger partial charge in [0, 0.05) is 0 Å². The van der Waals surface area contributed by atoms with Crippen LogP contribution in [0.3, 0.4) is 0 Å². The third-order valence-corrected chi connectivity index (χ3v) is 2.67. The van der Waals surface area contributed by atoms with E-state index >= 15 is 0 Å². The predicted octanol–water partition coefficient (Wildman–Crippen LogP) is 3.49. The van der Waals surface area contributed by atoms with Gasteiger partial charge in [-0.3, -0.25) is 0 Å². The van der Waals surface area contributed by atoms with Gasteiger partial charge < -0.3 is 5.11 Å². The highest BCUT2D eigenvalue weighted by Crippen LogP contribution is 2.37. The van der Waals surface area contributed by atoms with Gasteiger partial charge in [0.1, 0.15) is 20.9 Å². The van der Waals surface area contributed by atoms with Gasteiger partial charge in [-0.15, -0.1) is 11.6 Å². The minimum absolute atomic E-state index is 0.0210. The van der Waals surface area contributed by atoms with E-state index in [1.165, 1.54) is 0 Å². The Labute approximate surface area is 89.0 Å². The largest absolute Gasteiger partial charge is 0.504 e. The topological polar surface area (TPSA) is 33.1 Å². The molecule has 1 aromatic rings. The Morgan fingerprint density at radius 2 is 1.75 bits per heavy atom. The molecule has 0 radical (unpaired) electrons. The van der Waals surface area contributed by atoms with Crippen molar-refractivity contribution < 1.29 is 5.11 Å². The fraction of sp³-hybridized carbons (Fsp3) is 0.167. The van der Waals surface area contributed by atoms with E-state index in [2.05, 4.69) is 4.98 Å². The van der Waals surface area contributed by atoms with Crippen LogP contribution in [0.25, 0.3) is 0 Å². The summed E-state index contributed by atoms with van der Waals surface area (Å²) in [4.78, 5) is 3.72. The summed E-state index contributed by atoms with van der Waals surface area (Å²) in [5, 5.41) is 9.33. The van der Waals surface area contributed by atoms with Crippen molar-refractivity contribution in [3.8, 4) is 5.75 Å². The van der Waals surface area contributed by atoms with E-state index in [-0.39, 0.29) is 32.5 Å². The molecule has 0 saturated carbocycles. The number of hydrogen-bond acceptors (Lipinski definition) is 2. The Morgan fingerprint density at radius 3 is 2.25 bits per heavy atom. The maximum Gasteiger partial charge on any atom is 0.158 e. The fourth-order valence-corrected chi connectivity index (χ4v) is 1.40. The van der Waals surface area contributed by atoms with Crippen LogP contribution < -0.4 is 0 Å². The second-order valence-electron chi connectivity index (χ2n) is 1.96. The van der Waals surface area contributed by atoms with Crippen molar-refractivity contribution in [2.75, 3.05) is 0 Å². The van der Waals surface area contributed by atoms with E-state index in [0.29, 0.717) is 0 Å².